The smallest absolute Gasteiger partial charge is 0.338 e. The van der Waals surface area contributed by atoms with Gasteiger partial charge in [-0.15, -0.1) is 0 Å². The van der Waals surface area contributed by atoms with Crippen LogP contribution in [0.3, 0.4) is 0 Å². The summed E-state index contributed by atoms with van der Waals surface area (Å²) in [5.74, 6) is -2.55. The van der Waals surface area contributed by atoms with Crippen molar-refractivity contribution in [1.82, 2.24) is 4.57 Å². The van der Waals surface area contributed by atoms with Crippen LogP contribution in [0.5, 0.6) is 0 Å². The van der Waals surface area contributed by atoms with E-state index in [0.29, 0.717) is 22.5 Å². The fourth-order valence-corrected chi connectivity index (χ4v) is 5.17. The number of hydrazine groups is 1. The summed E-state index contributed by atoms with van der Waals surface area (Å²) in [5.41, 5.74) is 5.37. The van der Waals surface area contributed by atoms with Crippen molar-refractivity contribution >= 4 is 46.9 Å². The summed E-state index contributed by atoms with van der Waals surface area (Å²) < 4.78 is 7.06. The predicted octanol–water partition coefficient (Wildman–Crippen LogP) is 5.41. The summed E-state index contributed by atoms with van der Waals surface area (Å²) >= 11 is 0. The monoisotopic (exact) mass is 592 g/mol. The maximum atomic E-state index is 14.0. The molecule has 1 aromatic heterocycles. The first-order chi connectivity index (χ1) is 21.0. The third kappa shape index (κ3) is 5.45. The number of esters is 1. The van der Waals surface area contributed by atoms with Crippen LogP contribution in [-0.4, -0.2) is 54.1 Å². The van der Waals surface area contributed by atoms with Gasteiger partial charge in [0.25, 0.3) is 11.8 Å². The molecule has 0 saturated carbocycles. The summed E-state index contributed by atoms with van der Waals surface area (Å²) in [6.45, 7) is 5.85. The molecule has 0 spiro atoms. The molecule has 2 heterocycles. The number of carboxylic acid groups (broad SMARTS) is 1. The zero-order valence-corrected chi connectivity index (χ0v) is 25.1. The van der Waals surface area contributed by atoms with Crippen molar-refractivity contribution in [2.45, 2.75) is 20.8 Å². The lowest BCUT2D eigenvalue weighted by Gasteiger charge is -2.27. The molecule has 4 aromatic rings. The Morgan fingerprint density at radius 1 is 0.795 bits per heavy atom. The number of hydrogen-bond acceptors (Lipinski definition) is 6. The topological polar surface area (TPSA) is 112 Å². The molecule has 0 unspecified atom stereocenters. The Labute approximate surface area is 255 Å². The number of amides is 2. The highest BCUT2D eigenvalue weighted by Crippen LogP contribution is 2.34. The number of hydrogen-bond donors (Lipinski definition) is 1. The Bertz CT molecular complexity index is 1790. The maximum absolute atomic E-state index is 14.0. The summed E-state index contributed by atoms with van der Waals surface area (Å²) in [6.07, 6.45) is 1.59. The molecule has 0 atom stereocenters. The summed E-state index contributed by atoms with van der Waals surface area (Å²) in [6, 6.07) is 21.9. The summed E-state index contributed by atoms with van der Waals surface area (Å²) in [4.78, 5) is 53.4. The van der Waals surface area contributed by atoms with Crippen molar-refractivity contribution in [3.8, 4) is 5.69 Å². The van der Waals surface area contributed by atoms with Gasteiger partial charge < -0.3 is 19.3 Å². The number of benzene rings is 3. The Balaban J connectivity index is 1.56. The van der Waals surface area contributed by atoms with Crippen LogP contribution < -0.4 is 14.9 Å². The molecule has 1 fully saturated rings. The molecule has 5 rings (SSSR count). The van der Waals surface area contributed by atoms with Crippen LogP contribution in [-0.2, 0) is 14.3 Å². The second-order valence-corrected chi connectivity index (χ2v) is 10.5. The van der Waals surface area contributed by atoms with Gasteiger partial charge in [-0.3, -0.25) is 9.59 Å². The second kappa shape index (κ2) is 11.9. The molecule has 1 saturated heterocycles. The Kier molecular flexibility index (Phi) is 8.09. The Morgan fingerprint density at radius 2 is 1.30 bits per heavy atom. The van der Waals surface area contributed by atoms with E-state index in [-0.39, 0.29) is 17.7 Å². The standard InChI is InChI=1S/C34H32N4O6/c1-6-44-34(43)24-9-11-27(12-10-24)36-21(2)19-25(22(36)3)20-30-31(39)37(28-13-7-23(8-14-28)33(41)42)38(32(30)40)29-17-15-26(16-18-29)35(4)5/h7-20H,6H2,1-5H3,(H,41,42). The molecule has 0 radical (unpaired) electrons. The number of carbonyl (C=O) groups is 4. The molecule has 0 bridgehead atoms. The van der Waals surface area contributed by atoms with Gasteiger partial charge in [0.15, 0.2) is 0 Å². The number of ether oxygens (including phenoxy) is 1. The summed E-state index contributed by atoms with van der Waals surface area (Å²) in [7, 11) is 3.81. The van der Waals surface area contributed by atoms with E-state index in [1.807, 2.05) is 67.7 Å². The van der Waals surface area contributed by atoms with Gasteiger partial charge in [0.2, 0.25) is 0 Å². The van der Waals surface area contributed by atoms with Crippen molar-refractivity contribution in [2.24, 2.45) is 0 Å². The van der Waals surface area contributed by atoms with Crippen molar-refractivity contribution in [1.29, 1.82) is 0 Å². The first-order valence-electron chi connectivity index (χ1n) is 14.0. The van der Waals surface area contributed by atoms with Gasteiger partial charge in [-0.25, -0.2) is 19.6 Å². The first kappa shape index (κ1) is 29.8. The van der Waals surface area contributed by atoms with Crippen LogP contribution in [0.15, 0.2) is 84.4 Å². The van der Waals surface area contributed by atoms with Crippen molar-refractivity contribution in [2.75, 3.05) is 35.6 Å². The van der Waals surface area contributed by atoms with Gasteiger partial charge in [0.1, 0.15) is 5.57 Å². The average Bonchev–Trinajstić information content (AvgIpc) is 3.43. The number of carboxylic acids is 1. The number of aromatic carboxylic acids is 1. The molecule has 0 aliphatic carbocycles. The molecular formula is C34H32N4O6. The molecule has 44 heavy (non-hydrogen) atoms. The molecule has 1 aliphatic heterocycles. The van der Waals surface area contributed by atoms with E-state index in [1.165, 1.54) is 34.3 Å². The SMILES string of the molecule is CCOC(=O)c1ccc(-n2c(C)cc(C=C3C(=O)N(c4ccc(C(=O)O)cc4)N(c4ccc(N(C)C)cc4)C3=O)c2C)cc1. The van der Waals surface area contributed by atoms with Gasteiger partial charge in [-0.2, -0.15) is 0 Å². The molecule has 10 nitrogen and oxygen atoms in total. The maximum Gasteiger partial charge on any atom is 0.338 e. The second-order valence-electron chi connectivity index (χ2n) is 10.5. The van der Waals surface area contributed by atoms with Gasteiger partial charge in [-0.05, 0) is 111 Å². The number of carbonyl (C=O) groups excluding carboxylic acids is 3. The van der Waals surface area contributed by atoms with E-state index in [2.05, 4.69) is 0 Å². The highest BCUT2D eigenvalue weighted by atomic mass is 16.5. The zero-order chi connectivity index (χ0) is 31.7. The van der Waals surface area contributed by atoms with E-state index in [0.717, 1.165) is 22.8 Å². The molecule has 2 amide bonds. The van der Waals surface area contributed by atoms with E-state index >= 15 is 0 Å². The lowest BCUT2D eigenvalue weighted by atomic mass is 10.1. The number of aryl methyl sites for hydroxylation is 1. The van der Waals surface area contributed by atoms with Crippen molar-refractivity contribution < 1.29 is 29.0 Å². The fourth-order valence-electron chi connectivity index (χ4n) is 5.17. The molecule has 10 heteroatoms. The van der Waals surface area contributed by atoms with E-state index in [1.54, 1.807) is 37.3 Å². The lowest BCUT2D eigenvalue weighted by Crippen LogP contribution is -2.41. The molecule has 224 valence electrons. The molecule has 1 N–H and O–H groups in total. The van der Waals surface area contributed by atoms with Gasteiger partial charge in [-0.1, -0.05) is 0 Å². The normalized spacial score (nSPS) is 14.0. The van der Waals surface area contributed by atoms with Gasteiger partial charge in [0.05, 0.1) is 29.1 Å². The highest BCUT2D eigenvalue weighted by molar-refractivity contribution is 6.38. The lowest BCUT2D eigenvalue weighted by molar-refractivity contribution is -0.116. The van der Waals surface area contributed by atoms with E-state index < -0.39 is 23.8 Å². The minimum Gasteiger partial charge on any atom is -0.478 e. The minimum atomic E-state index is -1.09. The zero-order valence-electron chi connectivity index (χ0n) is 25.1. The highest BCUT2D eigenvalue weighted by Gasteiger charge is 2.43. The Hall–Kier alpha value is -5.64. The van der Waals surface area contributed by atoms with Crippen LogP contribution in [0.1, 0.15) is 44.6 Å². The van der Waals surface area contributed by atoms with Crippen LogP contribution >= 0.6 is 0 Å². The third-order valence-corrected chi connectivity index (χ3v) is 7.42. The number of aromatic nitrogens is 1. The molecular weight excluding hydrogens is 560 g/mol. The average molecular weight is 593 g/mol. The molecule has 3 aromatic carbocycles. The van der Waals surface area contributed by atoms with Crippen LogP contribution in [0.2, 0.25) is 0 Å². The molecule has 1 aliphatic rings. The van der Waals surface area contributed by atoms with Gasteiger partial charge >= 0.3 is 11.9 Å². The predicted molar refractivity (Wildman–Crippen MR) is 168 cm³/mol. The van der Waals surface area contributed by atoms with Crippen molar-refractivity contribution in [3.05, 3.63) is 113 Å². The quantitative estimate of drug-likeness (QED) is 0.165. The largest absolute Gasteiger partial charge is 0.478 e. The van der Waals surface area contributed by atoms with Crippen LogP contribution in [0, 0.1) is 13.8 Å². The first-order valence-corrected chi connectivity index (χ1v) is 14.0. The van der Waals surface area contributed by atoms with Crippen molar-refractivity contribution in [3.63, 3.8) is 0 Å². The number of anilines is 3. The van der Waals surface area contributed by atoms with Gasteiger partial charge in [0, 0.05) is 36.9 Å². The minimum absolute atomic E-state index is 0.0399. The Morgan fingerprint density at radius 3 is 1.80 bits per heavy atom. The number of nitrogens with zero attached hydrogens (tertiary/aromatic N) is 4. The van der Waals surface area contributed by atoms with Crippen LogP contribution in [0.4, 0.5) is 17.1 Å². The third-order valence-electron chi connectivity index (χ3n) is 7.42. The number of rotatable bonds is 8. The summed E-state index contributed by atoms with van der Waals surface area (Å²) in [5, 5.41) is 11.9. The van der Waals surface area contributed by atoms with E-state index in [9.17, 15) is 24.3 Å². The van der Waals surface area contributed by atoms with E-state index in [4.69, 9.17) is 4.74 Å². The fraction of sp³-hybridized carbons (Fsp3) is 0.176. The van der Waals surface area contributed by atoms with Crippen LogP contribution in [0.25, 0.3) is 11.8 Å².